The average molecular weight is 404 g/mol. The summed E-state index contributed by atoms with van der Waals surface area (Å²) in [4.78, 5) is 0.250. The third-order valence-electron chi connectivity index (χ3n) is 5.68. The smallest absolute Gasteiger partial charge is 0.184 e. The average Bonchev–Trinajstić information content (AvgIpc) is 2.81. The van der Waals surface area contributed by atoms with Crippen LogP contribution >= 0.6 is 0 Å². The van der Waals surface area contributed by atoms with Crippen molar-refractivity contribution in [1.82, 2.24) is 5.32 Å². The van der Waals surface area contributed by atoms with Gasteiger partial charge in [0.25, 0.3) is 0 Å². The summed E-state index contributed by atoms with van der Waals surface area (Å²) in [7, 11) is -2.14. The Morgan fingerprint density at radius 1 is 1.18 bits per heavy atom. The first-order valence-electron chi connectivity index (χ1n) is 9.76. The fraction of sp³-hybridized carbons (Fsp3) is 0.455. The zero-order valence-corrected chi connectivity index (χ0v) is 17.5. The van der Waals surface area contributed by atoms with Gasteiger partial charge in [-0.25, -0.2) is 8.42 Å². The molecule has 0 amide bonds. The molecule has 6 heteroatoms. The molecular weight excluding hydrogens is 374 g/mol. The van der Waals surface area contributed by atoms with E-state index in [0.717, 1.165) is 5.56 Å². The Kier molecular flexibility index (Phi) is 6.12. The van der Waals surface area contributed by atoms with Crippen LogP contribution in [-0.2, 0) is 9.84 Å². The number of rotatable bonds is 6. The summed E-state index contributed by atoms with van der Waals surface area (Å²) >= 11 is 0. The molecule has 0 aliphatic carbocycles. The number of aliphatic hydroxyl groups is 1. The van der Waals surface area contributed by atoms with E-state index in [1.807, 2.05) is 56.3 Å². The predicted octanol–water partition coefficient (Wildman–Crippen LogP) is 3.47. The largest absolute Gasteiger partial charge is 0.495 e. The van der Waals surface area contributed by atoms with Gasteiger partial charge in [0.1, 0.15) is 10.6 Å². The molecule has 1 heterocycles. The van der Waals surface area contributed by atoms with Gasteiger partial charge in [0.05, 0.1) is 25.0 Å². The second-order valence-electron chi connectivity index (χ2n) is 7.53. The van der Waals surface area contributed by atoms with Crippen molar-refractivity contribution in [1.29, 1.82) is 0 Å². The standard InChI is InChI=1S/C22H29NO4S/c1-4-17(24)14-22(5-2)15-28(25,26)21-18(12-9-13-19(21)27-3)20(23-22)16-10-7-6-8-11-16/h6-13,17,20,23-24H,4-5,14-15H2,1-3H3/t17?,20-,22-/m0/s1. The van der Waals surface area contributed by atoms with Crippen molar-refractivity contribution in [3.8, 4) is 5.75 Å². The minimum Gasteiger partial charge on any atom is -0.495 e. The molecule has 0 saturated heterocycles. The quantitative estimate of drug-likeness (QED) is 0.772. The number of ether oxygens (including phenoxy) is 1. The van der Waals surface area contributed by atoms with Crippen LogP contribution in [0.15, 0.2) is 53.4 Å². The lowest BCUT2D eigenvalue weighted by atomic mass is 9.87. The highest BCUT2D eigenvalue weighted by Crippen LogP contribution is 2.41. The highest BCUT2D eigenvalue weighted by Gasteiger charge is 2.44. The van der Waals surface area contributed by atoms with Crippen LogP contribution in [0.3, 0.4) is 0 Å². The Labute approximate surface area is 167 Å². The van der Waals surface area contributed by atoms with Crippen LogP contribution in [0.1, 0.15) is 50.3 Å². The number of sulfone groups is 1. The first-order valence-corrected chi connectivity index (χ1v) is 11.4. The van der Waals surface area contributed by atoms with Crippen molar-refractivity contribution in [2.75, 3.05) is 12.9 Å². The highest BCUT2D eigenvalue weighted by atomic mass is 32.2. The first-order chi connectivity index (χ1) is 13.4. The van der Waals surface area contributed by atoms with Crippen LogP contribution in [0, 0.1) is 0 Å². The summed E-state index contributed by atoms with van der Waals surface area (Å²) in [5.41, 5.74) is 0.934. The number of benzene rings is 2. The molecule has 5 nitrogen and oxygen atoms in total. The molecule has 3 atom stereocenters. The normalized spacial score (nSPS) is 24.8. The second-order valence-corrected chi connectivity index (χ2v) is 9.45. The van der Waals surface area contributed by atoms with E-state index in [1.165, 1.54) is 7.11 Å². The van der Waals surface area contributed by atoms with Gasteiger partial charge < -0.3 is 9.84 Å². The zero-order chi connectivity index (χ0) is 20.4. The van der Waals surface area contributed by atoms with Crippen molar-refractivity contribution >= 4 is 9.84 Å². The number of nitrogens with one attached hydrogen (secondary N) is 1. The van der Waals surface area contributed by atoms with Crippen LogP contribution in [0.4, 0.5) is 0 Å². The first kappa shape index (κ1) is 20.8. The van der Waals surface area contributed by atoms with Crippen molar-refractivity contribution in [2.24, 2.45) is 0 Å². The molecule has 2 aromatic rings. The monoisotopic (exact) mass is 403 g/mol. The summed E-state index contributed by atoms with van der Waals surface area (Å²) in [5.74, 6) is 0.285. The maximum Gasteiger partial charge on any atom is 0.184 e. The molecule has 0 radical (unpaired) electrons. The maximum absolute atomic E-state index is 13.5. The third-order valence-corrected chi connectivity index (χ3v) is 7.67. The number of methoxy groups -OCH3 is 1. The van der Waals surface area contributed by atoms with Crippen molar-refractivity contribution in [3.05, 3.63) is 59.7 Å². The van der Waals surface area contributed by atoms with Crippen LogP contribution in [0.25, 0.3) is 0 Å². The second kappa shape index (κ2) is 8.23. The fourth-order valence-corrected chi connectivity index (χ4v) is 6.37. The van der Waals surface area contributed by atoms with E-state index in [2.05, 4.69) is 5.32 Å². The van der Waals surface area contributed by atoms with E-state index < -0.39 is 21.5 Å². The van der Waals surface area contributed by atoms with Gasteiger partial charge in [0.15, 0.2) is 9.84 Å². The molecule has 3 rings (SSSR count). The Hall–Kier alpha value is -1.89. The molecule has 1 aliphatic heterocycles. The predicted molar refractivity (Wildman–Crippen MR) is 110 cm³/mol. The van der Waals surface area contributed by atoms with E-state index in [9.17, 15) is 13.5 Å². The summed E-state index contributed by atoms with van der Waals surface area (Å²) in [6, 6.07) is 14.9. The minimum atomic E-state index is -3.63. The van der Waals surface area contributed by atoms with Crippen molar-refractivity contribution < 1.29 is 18.3 Å². The number of aliphatic hydroxyl groups excluding tert-OH is 1. The lowest BCUT2D eigenvalue weighted by Gasteiger charge is -2.37. The molecule has 2 aromatic carbocycles. The molecule has 1 unspecified atom stereocenters. The van der Waals surface area contributed by atoms with E-state index in [0.29, 0.717) is 30.6 Å². The molecule has 0 bridgehead atoms. The molecule has 0 fully saturated rings. The van der Waals surface area contributed by atoms with Crippen molar-refractivity contribution in [3.63, 3.8) is 0 Å². The minimum absolute atomic E-state index is 0.0791. The summed E-state index contributed by atoms with van der Waals surface area (Å²) in [6.45, 7) is 3.88. The SMILES string of the molecule is CCC(O)C[C@@]1(CC)CS(=O)(=O)c2c(OC)cccc2[C@H](c2ccccc2)N1. The molecule has 0 aromatic heterocycles. The molecule has 28 heavy (non-hydrogen) atoms. The maximum atomic E-state index is 13.5. The molecule has 152 valence electrons. The van der Waals surface area contributed by atoms with Gasteiger partial charge in [-0.2, -0.15) is 0 Å². The topological polar surface area (TPSA) is 75.6 Å². The van der Waals surface area contributed by atoms with Gasteiger partial charge >= 0.3 is 0 Å². The summed E-state index contributed by atoms with van der Waals surface area (Å²) < 4.78 is 32.4. The molecule has 2 N–H and O–H groups in total. The fourth-order valence-electron chi connectivity index (χ4n) is 4.09. The van der Waals surface area contributed by atoms with E-state index in [1.54, 1.807) is 6.07 Å². The lowest BCUT2D eigenvalue weighted by molar-refractivity contribution is 0.115. The molecule has 1 aliphatic rings. The van der Waals surface area contributed by atoms with Crippen LogP contribution < -0.4 is 10.1 Å². The summed E-state index contributed by atoms with van der Waals surface area (Å²) in [6.07, 6.45) is 0.972. The van der Waals surface area contributed by atoms with E-state index in [4.69, 9.17) is 4.74 Å². The number of hydrogen-bond acceptors (Lipinski definition) is 5. The Morgan fingerprint density at radius 2 is 1.89 bits per heavy atom. The van der Waals surface area contributed by atoms with E-state index >= 15 is 0 Å². The summed E-state index contributed by atoms with van der Waals surface area (Å²) in [5, 5.41) is 14.0. The van der Waals surface area contributed by atoms with Gasteiger partial charge in [0, 0.05) is 5.54 Å². The van der Waals surface area contributed by atoms with E-state index in [-0.39, 0.29) is 16.7 Å². The van der Waals surface area contributed by atoms with Gasteiger partial charge in [-0.1, -0.05) is 56.3 Å². The van der Waals surface area contributed by atoms with Crippen LogP contribution in [0.5, 0.6) is 5.75 Å². The van der Waals surface area contributed by atoms with Crippen LogP contribution in [0.2, 0.25) is 0 Å². The molecule has 0 spiro atoms. The van der Waals surface area contributed by atoms with Gasteiger partial charge in [-0.3, -0.25) is 5.32 Å². The van der Waals surface area contributed by atoms with Gasteiger partial charge in [0.2, 0.25) is 0 Å². The Morgan fingerprint density at radius 3 is 2.50 bits per heavy atom. The number of fused-ring (bicyclic) bond motifs is 1. The van der Waals surface area contributed by atoms with Crippen LogP contribution in [-0.4, -0.2) is 38.0 Å². The molecule has 0 saturated carbocycles. The lowest BCUT2D eigenvalue weighted by Crippen LogP contribution is -2.52. The third kappa shape index (κ3) is 3.95. The van der Waals surface area contributed by atoms with Crippen molar-refractivity contribution in [2.45, 2.75) is 55.7 Å². The van der Waals surface area contributed by atoms with Gasteiger partial charge in [-0.05, 0) is 36.5 Å². The Bertz CT molecular complexity index is 913. The zero-order valence-electron chi connectivity index (χ0n) is 16.7. The highest BCUT2D eigenvalue weighted by molar-refractivity contribution is 7.91. The molecular formula is C22H29NO4S. The van der Waals surface area contributed by atoms with Gasteiger partial charge in [-0.15, -0.1) is 0 Å². The number of hydrogen-bond donors (Lipinski definition) is 2. The Balaban J connectivity index is 2.25.